The third-order valence-corrected chi connectivity index (χ3v) is 4.74. The van der Waals surface area contributed by atoms with E-state index in [1.54, 1.807) is 14.2 Å². The normalized spacial score (nSPS) is 32.5. The van der Waals surface area contributed by atoms with Crippen LogP contribution in [0, 0.1) is 5.92 Å². The number of hydrogen-bond donors (Lipinski definition) is 2. The number of rotatable bonds is 2. The summed E-state index contributed by atoms with van der Waals surface area (Å²) >= 11 is 0. The summed E-state index contributed by atoms with van der Waals surface area (Å²) in [5, 5.41) is 19.3. The van der Waals surface area contributed by atoms with Gasteiger partial charge >= 0.3 is 0 Å². The maximum Gasteiger partial charge on any atom is 0.184 e. The lowest BCUT2D eigenvalue weighted by atomic mass is 9.62. The molecule has 24 heavy (non-hydrogen) atoms. The molecule has 0 amide bonds. The molecule has 0 aromatic heterocycles. The molecule has 2 N–H and O–H groups in total. The van der Waals surface area contributed by atoms with Crippen LogP contribution in [0.3, 0.4) is 0 Å². The highest BCUT2D eigenvalue weighted by Crippen LogP contribution is 2.38. The van der Waals surface area contributed by atoms with Crippen LogP contribution in [-0.2, 0) is 4.79 Å². The summed E-state index contributed by atoms with van der Waals surface area (Å²) in [7, 11) is 10.7. The highest BCUT2D eigenvalue weighted by molar-refractivity contribution is 6.29. The molecular formula is C17H24BNO5. The lowest BCUT2D eigenvalue weighted by Gasteiger charge is -2.43. The molecule has 1 aliphatic heterocycles. The van der Waals surface area contributed by atoms with Crippen molar-refractivity contribution >= 4 is 13.6 Å². The number of ketones is 1. The summed E-state index contributed by atoms with van der Waals surface area (Å²) in [5.41, 5.74) is -1.88. The first-order valence-corrected chi connectivity index (χ1v) is 7.93. The summed E-state index contributed by atoms with van der Waals surface area (Å²) in [4.78, 5) is 13.4. The van der Waals surface area contributed by atoms with Crippen LogP contribution in [0.5, 0.6) is 11.5 Å². The van der Waals surface area contributed by atoms with Gasteiger partial charge in [-0.25, -0.2) is 0 Å². The first-order chi connectivity index (χ1) is 11.3. The lowest BCUT2D eigenvalue weighted by Crippen LogP contribution is -2.63. The summed E-state index contributed by atoms with van der Waals surface area (Å²) in [6.07, 6.45) is 0.205. The number of Topliss-reactive ketones (excluding diaryl/α,β-unsaturated/α-hetero) is 1. The number of ether oxygens (including phenoxy) is 2. The smallest absolute Gasteiger partial charge is 0.184 e. The van der Waals surface area contributed by atoms with Crippen molar-refractivity contribution in [2.75, 3.05) is 27.8 Å². The lowest BCUT2D eigenvalue weighted by molar-refractivity contribution is -0.150. The summed E-state index contributed by atoms with van der Waals surface area (Å²) in [6, 6.07) is 7.19. The van der Waals surface area contributed by atoms with Gasteiger partial charge in [-0.2, -0.15) is 0 Å². The van der Waals surface area contributed by atoms with E-state index >= 15 is 0 Å². The number of fused-ring (bicyclic) bond motifs is 1. The van der Waals surface area contributed by atoms with Gasteiger partial charge in [-0.1, -0.05) is 12.1 Å². The Morgan fingerprint density at radius 3 is 2.29 bits per heavy atom. The minimum absolute atomic E-state index is 0.127. The van der Waals surface area contributed by atoms with Crippen molar-refractivity contribution in [3.63, 3.8) is 0 Å². The summed E-state index contributed by atoms with van der Waals surface area (Å²) < 4.78 is 10.0. The molecule has 1 aromatic rings. The molecule has 1 saturated carbocycles. The van der Waals surface area contributed by atoms with E-state index in [0.717, 1.165) is 24.5 Å². The number of benzene rings is 1. The zero-order chi connectivity index (χ0) is 17.9. The van der Waals surface area contributed by atoms with Crippen LogP contribution in [0.15, 0.2) is 24.3 Å². The predicted octanol–water partition coefficient (Wildman–Crippen LogP) is 0.201. The number of aliphatic hydroxyl groups is 2. The second kappa shape index (κ2) is 7.55. The molecule has 2 fully saturated rings. The number of carbonyl (C=O) groups excluding carboxylic acids is 1. The molecular weight excluding hydrogens is 309 g/mol. The molecule has 2 aliphatic rings. The third-order valence-electron chi connectivity index (χ3n) is 4.74. The Labute approximate surface area is 143 Å². The van der Waals surface area contributed by atoms with Crippen molar-refractivity contribution < 1.29 is 24.5 Å². The van der Waals surface area contributed by atoms with Gasteiger partial charge in [0.1, 0.15) is 14.0 Å². The molecule has 0 spiro atoms. The molecule has 1 aliphatic carbocycles. The molecule has 6 nitrogen and oxygen atoms in total. The van der Waals surface area contributed by atoms with Gasteiger partial charge in [0.05, 0.1) is 19.7 Å². The van der Waals surface area contributed by atoms with Gasteiger partial charge in [-0.15, -0.1) is 0 Å². The van der Waals surface area contributed by atoms with E-state index in [1.165, 1.54) is 0 Å². The average Bonchev–Trinajstić information content (AvgIpc) is 2.95. The number of methoxy groups -OCH3 is 2. The maximum absolute atomic E-state index is 11.5. The maximum atomic E-state index is 11.5. The Hall–Kier alpha value is -1.57. The van der Waals surface area contributed by atoms with Crippen molar-refractivity contribution in [1.82, 2.24) is 4.90 Å². The largest absolute Gasteiger partial charge is 0.493 e. The fourth-order valence-electron chi connectivity index (χ4n) is 3.56. The second-order valence-electron chi connectivity index (χ2n) is 6.27. The molecule has 130 valence electrons. The van der Waals surface area contributed by atoms with Crippen molar-refractivity contribution in [1.29, 1.82) is 0 Å². The molecule has 4 unspecified atom stereocenters. The number of aliphatic hydroxyl groups excluding tert-OH is 1. The van der Waals surface area contributed by atoms with Crippen molar-refractivity contribution in [3.05, 3.63) is 24.3 Å². The second-order valence-corrected chi connectivity index (χ2v) is 6.27. The minimum Gasteiger partial charge on any atom is -0.493 e. The van der Waals surface area contributed by atoms with Crippen LogP contribution < -0.4 is 9.47 Å². The van der Waals surface area contributed by atoms with Crippen LogP contribution in [0.25, 0.3) is 0 Å². The van der Waals surface area contributed by atoms with E-state index in [2.05, 4.69) is 0 Å². The Morgan fingerprint density at radius 2 is 1.79 bits per heavy atom. The highest BCUT2D eigenvalue weighted by Gasteiger charge is 2.53. The van der Waals surface area contributed by atoms with Crippen molar-refractivity contribution in [2.24, 2.45) is 5.92 Å². The Morgan fingerprint density at radius 1 is 1.25 bits per heavy atom. The van der Waals surface area contributed by atoms with Gasteiger partial charge in [-0.05, 0) is 44.5 Å². The number of carbonyl (C=O) groups is 1. The SMILES string of the molecule is COc1ccccc1OC.[B]C1(O)C(=O)C(O)CC2CCN(C)C21. The molecule has 1 saturated heterocycles. The number of hydrogen-bond acceptors (Lipinski definition) is 6. The average molecular weight is 333 g/mol. The van der Waals surface area contributed by atoms with Crippen LogP contribution in [0.4, 0.5) is 0 Å². The molecule has 2 radical (unpaired) electrons. The van der Waals surface area contributed by atoms with E-state index < -0.39 is 17.4 Å². The molecule has 3 rings (SSSR count). The molecule has 7 heteroatoms. The molecule has 0 bridgehead atoms. The Kier molecular flexibility index (Phi) is 5.90. The van der Waals surface area contributed by atoms with Gasteiger partial charge in [0, 0.05) is 6.04 Å². The zero-order valence-electron chi connectivity index (χ0n) is 14.3. The summed E-state index contributed by atoms with van der Waals surface area (Å²) in [6.45, 7) is 0.814. The van der Waals surface area contributed by atoms with E-state index in [9.17, 15) is 15.0 Å². The Bertz CT molecular complexity index is 557. The fraction of sp³-hybridized carbons (Fsp3) is 0.588. The number of likely N-dealkylation sites (N-methyl/N-ethyl adjacent to an activating group) is 1. The van der Waals surface area contributed by atoms with Gasteiger partial charge in [-0.3, -0.25) is 4.79 Å². The number of likely N-dealkylation sites (tertiary alicyclic amines) is 1. The fourth-order valence-corrected chi connectivity index (χ4v) is 3.56. The quantitative estimate of drug-likeness (QED) is 0.753. The van der Waals surface area contributed by atoms with E-state index in [0.29, 0.717) is 6.42 Å². The van der Waals surface area contributed by atoms with Gasteiger partial charge < -0.3 is 24.6 Å². The first kappa shape index (κ1) is 18.8. The standard InChI is InChI=1S/C9H14BNO3.C8H10O2/c1-11-3-2-5-4-6(12)8(13)9(10,14)7(5)11;1-9-7-5-3-4-6-8(7)10-2/h5-7,12,14H,2-4H2,1H3;3-6H,1-2H3. The van der Waals surface area contributed by atoms with Crippen molar-refractivity contribution in [3.8, 4) is 11.5 Å². The minimum atomic E-state index is -1.88. The summed E-state index contributed by atoms with van der Waals surface area (Å²) in [5.74, 6) is 1.02. The van der Waals surface area contributed by atoms with E-state index in [1.807, 2.05) is 36.2 Å². The Balaban J connectivity index is 0.000000185. The first-order valence-electron chi connectivity index (χ1n) is 7.93. The predicted molar refractivity (Wildman–Crippen MR) is 90.4 cm³/mol. The van der Waals surface area contributed by atoms with Gasteiger partial charge in [0.2, 0.25) is 0 Å². The number of para-hydroxylation sites is 2. The van der Waals surface area contributed by atoms with Gasteiger partial charge in [0.15, 0.2) is 17.3 Å². The van der Waals surface area contributed by atoms with Crippen LogP contribution in [-0.4, -0.2) is 74.2 Å². The van der Waals surface area contributed by atoms with Gasteiger partial charge in [0.25, 0.3) is 0 Å². The van der Waals surface area contributed by atoms with E-state index in [-0.39, 0.29) is 12.0 Å². The highest BCUT2D eigenvalue weighted by atomic mass is 16.5. The van der Waals surface area contributed by atoms with Crippen molar-refractivity contribution in [2.45, 2.75) is 30.5 Å². The molecule has 4 atom stereocenters. The monoisotopic (exact) mass is 333 g/mol. The van der Waals surface area contributed by atoms with Crippen LogP contribution in [0.1, 0.15) is 12.8 Å². The van der Waals surface area contributed by atoms with Crippen LogP contribution in [0.2, 0.25) is 0 Å². The van der Waals surface area contributed by atoms with Crippen LogP contribution >= 0.6 is 0 Å². The number of nitrogens with zero attached hydrogens (tertiary/aromatic N) is 1. The molecule has 1 heterocycles. The van der Waals surface area contributed by atoms with E-state index in [4.69, 9.17) is 17.3 Å². The zero-order valence-corrected chi connectivity index (χ0v) is 14.3. The topological polar surface area (TPSA) is 79.2 Å². The molecule has 1 aromatic carbocycles. The third kappa shape index (κ3) is 3.58.